The fraction of sp³-hybridized carbons (Fsp3) is 1.00. The molecular formula is C10H19F2N. The number of hydrogen-bond donors (Lipinski definition) is 1. The van der Waals surface area contributed by atoms with E-state index in [9.17, 15) is 8.78 Å². The predicted octanol–water partition coefficient (Wildman–Crippen LogP) is 2.65. The standard InChI is InChI=1S/C10H19F2N/c1-6(2)7(3)9(13)8-4-10(11,12)5-8/h6-9H,4-5,13H2,1-3H3. The molecule has 1 nitrogen and oxygen atoms in total. The van der Waals surface area contributed by atoms with Gasteiger partial charge in [-0.1, -0.05) is 20.8 Å². The van der Waals surface area contributed by atoms with Crippen LogP contribution in [0.3, 0.4) is 0 Å². The van der Waals surface area contributed by atoms with E-state index in [4.69, 9.17) is 5.73 Å². The highest BCUT2D eigenvalue weighted by Gasteiger charge is 2.48. The van der Waals surface area contributed by atoms with Gasteiger partial charge in [0, 0.05) is 18.9 Å². The molecule has 0 aromatic carbocycles. The molecule has 1 saturated carbocycles. The lowest BCUT2D eigenvalue weighted by atomic mass is 9.71. The summed E-state index contributed by atoms with van der Waals surface area (Å²) in [6, 6.07) is -0.0559. The van der Waals surface area contributed by atoms with Crippen LogP contribution in [0.25, 0.3) is 0 Å². The van der Waals surface area contributed by atoms with E-state index in [1.165, 1.54) is 0 Å². The minimum atomic E-state index is -2.43. The largest absolute Gasteiger partial charge is 0.327 e. The SMILES string of the molecule is CC(C)C(C)C(N)C1CC(F)(F)C1. The molecule has 0 amide bonds. The van der Waals surface area contributed by atoms with E-state index >= 15 is 0 Å². The zero-order valence-electron chi connectivity index (χ0n) is 8.56. The summed E-state index contributed by atoms with van der Waals surface area (Å²) in [5, 5.41) is 0. The first-order valence-electron chi connectivity index (χ1n) is 4.97. The van der Waals surface area contributed by atoms with Crippen molar-refractivity contribution in [3.63, 3.8) is 0 Å². The Balaban J connectivity index is 2.38. The third-order valence-corrected chi connectivity index (χ3v) is 3.32. The molecule has 2 N–H and O–H groups in total. The fourth-order valence-corrected chi connectivity index (χ4v) is 1.85. The average Bonchev–Trinajstić information content (AvgIpc) is 1.97. The molecule has 3 heteroatoms. The maximum absolute atomic E-state index is 12.6. The van der Waals surface area contributed by atoms with Crippen LogP contribution >= 0.6 is 0 Å². The summed E-state index contributed by atoms with van der Waals surface area (Å²) in [6.07, 6.45) is -0.0174. The molecule has 0 radical (unpaired) electrons. The third-order valence-electron chi connectivity index (χ3n) is 3.32. The van der Waals surface area contributed by atoms with Gasteiger partial charge in [0.05, 0.1) is 0 Å². The summed E-state index contributed by atoms with van der Waals surface area (Å²) in [5.74, 6) is -1.59. The highest BCUT2D eigenvalue weighted by molar-refractivity contribution is 4.93. The van der Waals surface area contributed by atoms with Gasteiger partial charge >= 0.3 is 0 Å². The van der Waals surface area contributed by atoms with E-state index < -0.39 is 5.92 Å². The van der Waals surface area contributed by atoms with Crippen LogP contribution in [0.2, 0.25) is 0 Å². The second kappa shape index (κ2) is 3.52. The van der Waals surface area contributed by atoms with Crippen molar-refractivity contribution in [1.82, 2.24) is 0 Å². The van der Waals surface area contributed by atoms with Gasteiger partial charge in [-0.25, -0.2) is 8.78 Å². The zero-order chi connectivity index (χ0) is 10.2. The van der Waals surface area contributed by atoms with Gasteiger partial charge < -0.3 is 5.73 Å². The first-order chi connectivity index (χ1) is 5.83. The van der Waals surface area contributed by atoms with Crippen LogP contribution in [-0.4, -0.2) is 12.0 Å². The minimum Gasteiger partial charge on any atom is -0.327 e. The van der Waals surface area contributed by atoms with Crippen LogP contribution in [0.4, 0.5) is 8.78 Å². The Morgan fingerprint density at radius 2 is 1.69 bits per heavy atom. The second-order valence-electron chi connectivity index (χ2n) is 4.70. The van der Waals surface area contributed by atoms with E-state index in [2.05, 4.69) is 13.8 Å². The van der Waals surface area contributed by atoms with Crippen molar-refractivity contribution in [2.24, 2.45) is 23.5 Å². The van der Waals surface area contributed by atoms with Crippen molar-refractivity contribution in [1.29, 1.82) is 0 Å². The predicted molar refractivity (Wildman–Crippen MR) is 49.6 cm³/mol. The molecule has 1 aliphatic carbocycles. The fourth-order valence-electron chi connectivity index (χ4n) is 1.85. The lowest BCUT2D eigenvalue weighted by Gasteiger charge is -2.41. The normalized spacial score (nSPS) is 27.0. The number of alkyl halides is 2. The zero-order valence-corrected chi connectivity index (χ0v) is 8.56. The van der Waals surface area contributed by atoms with E-state index in [-0.39, 0.29) is 24.8 Å². The molecule has 2 unspecified atom stereocenters. The van der Waals surface area contributed by atoms with Crippen LogP contribution in [0.15, 0.2) is 0 Å². The van der Waals surface area contributed by atoms with Crippen molar-refractivity contribution < 1.29 is 8.78 Å². The average molecular weight is 191 g/mol. The van der Waals surface area contributed by atoms with Gasteiger partial charge in [0.25, 0.3) is 0 Å². The van der Waals surface area contributed by atoms with Gasteiger partial charge in [0.1, 0.15) is 0 Å². The summed E-state index contributed by atoms with van der Waals surface area (Å²) < 4.78 is 25.1. The lowest BCUT2D eigenvalue weighted by molar-refractivity contribution is -0.121. The Morgan fingerprint density at radius 1 is 1.23 bits per heavy atom. The Hall–Kier alpha value is -0.180. The van der Waals surface area contributed by atoms with Crippen LogP contribution in [0.1, 0.15) is 33.6 Å². The second-order valence-corrected chi connectivity index (χ2v) is 4.70. The van der Waals surface area contributed by atoms with E-state index in [0.29, 0.717) is 11.8 Å². The summed E-state index contributed by atoms with van der Waals surface area (Å²) in [7, 11) is 0. The van der Waals surface area contributed by atoms with Crippen molar-refractivity contribution >= 4 is 0 Å². The van der Waals surface area contributed by atoms with Crippen molar-refractivity contribution in [3.8, 4) is 0 Å². The number of rotatable bonds is 3. The quantitative estimate of drug-likeness (QED) is 0.729. The molecule has 0 aromatic heterocycles. The molecule has 0 saturated heterocycles. The molecule has 1 fully saturated rings. The Bertz CT molecular complexity index is 172. The van der Waals surface area contributed by atoms with Gasteiger partial charge in [-0.05, 0) is 17.8 Å². The highest BCUT2D eigenvalue weighted by Crippen LogP contribution is 2.45. The Labute approximate surface area is 78.7 Å². The monoisotopic (exact) mass is 191 g/mol. The van der Waals surface area contributed by atoms with Crippen LogP contribution < -0.4 is 5.73 Å². The van der Waals surface area contributed by atoms with E-state index in [1.807, 2.05) is 6.92 Å². The lowest BCUT2D eigenvalue weighted by Crippen LogP contribution is -2.49. The summed E-state index contributed by atoms with van der Waals surface area (Å²) >= 11 is 0. The van der Waals surface area contributed by atoms with Crippen molar-refractivity contribution in [2.75, 3.05) is 0 Å². The Morgan fingerprint density at radius 3 is 2.00 bits per heavy atom. The molecule has 0 bridgehead atoms. The molecular weight excluding hydrogens is 172 g/mol. The van der Waals surface area contributed by atoms with Crippen molar-refractivity contribution in [2.45, 2.75) is 45.6 Å². The summed E-state index contributed by atoms with van der Waals surface area (Å²) in [6.45, 7) is 6.22. The molecule has 78 valence electrons. The van der Waals surface area contributed by atoms with E-state index in [1.54, 1.807) is 0 Å². The topological polar surface area (TPSA) is 26.0 Å². The summed E-state index contributed by atoms with van der Waals surface area (Å²) in [5.41, 5.74) is 5.91. The molecule has 13 heavy (non-hydrogen) atoms. The molecule has 1 aliphatic rings. The van der Waals surface area contributed by atoms with Gasteiger partial charge in [0.2, 0.25) is 5.92 Å². The van der Waals surface area contributed by atoms with Crippen LogP contribution in [0, 0.1) is 17.8 Å². The van der Waals surface area contributed by atoms with Crippen LogP contribution in [0.5, 0.6) is 0 Å². The smallest absolute Gasteiger partial charge is 0.248 e. The molecule has 1 rings (SSSR count). The maximum Gasteiger partial charge on any atom is 0.248 e. The maximum atomic E-state index is 12.6. The molecule has 0 heterocycles. The van der Waals surface area contributed by atoms with Gasteiger partial charge in [-0.2, -0.15) is 0 Å². The number of halogens is 2. The first kappa shape index (κ1) is 10.9. The molecule has 0 spiro atoms. The Kier molecular flexibility index (Phi) is 2.95. The summed E-state index contributed by atoms with van der Waals surface area (Å²) in [4.78, 5) is 0. The first-order valence-corrected chi connectivity index (χ1v) is 4.97. The van der Waals surface area contributed by atoms with E-state index in [0.717, 1.165) is 0 Å². The highest BCUT2D eigenvalue weighted by atomic mass is 19.3. The molecule has 0 aromatic rings. The van der Waals surface area contributed by atoms with Gasteiger partial charge in [0.15, 0.2) is 0 Å². The minimum absolute atomic E-state index is 0.00870. The molecule has 0 aliphatic heterocycles. The van der Waals surface area contributed by atoms with Gasteiger partial charge in [-0.3, -0.25) is 0 Å². The third kappa shape index (κ3) is 2.39. The molecule has 2 atom stereocenters. The number of hydrogen-bond acceptors (Lipinski definition) is 1. The van der Waals surface area contributed by atoms with Gasteiger partial charge in [-0.15, -0.1) is 0 Å². The number of nitrogens with two attached hydrogens (primary N) is 1. The van der Waals surface area contributed by atoms with Crippen molar-refractivity contribution in [3.05, 3.63) is 0 Å². The van der Waals surface area contributed by atoms with Crippen LogP contribution in [-0.2, 0) is 0 Å².